The summed E-state index contributed by atoms with van der Waals surface area (Å²) in [5.41, 5.74) is 0. The first-order valence-electron chi connectivity index (χ1n) is 6.86. The Bertz CT molecular complexity index is 414. The Balaban J connectivity index is 2.08. The van der Waals surface area contributed by atoms with Gasteiger partial charge >= 0.3 is 0 Å². The summed E-state index contributed by atoms with van der Waals surface area (Å²) in [7, 11) is 0. The van der Waals surface area contributed by atoms with E-state index in [2.05, 4.69) is 30.3 Å². The summed E-state index contributed by atoms with van der Waals surface area (Å²) in [6.07, 6.45) is 10.8. The van der Waals surface area contributed by atoms with Crippen molar-refractivity contribution in [1.82, 2.24) is 0 Å². The smallest absolute Gasteiger partial charge is 0.145 e. The van der Waals surface area contributed by atoms with Gasteiger partial charge in [0.2, 0.25) is 0 Å². The second kappa shape index (κ2) is 9.45. The predicted octanol–water partition coefficient (Wildman–Crippen LogP) is 2.83. The molecule has 1 aliphatic heterocycles. The van der Waals surface area contributed by atoms with Gasteiger partial charge in [0, 0.05) is 0 Å². The van der Waals surface area contributed by atoms with Gasteiger partial charge in [-0.05, 0) is 50.5 Å². The van der Waals surface area contributed by atoms with E-state index in [1.165, 1.54) is 12.8 Å². The van der Waals surface area contributed by atoms with Crippen molar-refractivity contribution < 1.29 is 9.84 Å². The van der Waals surface area contributed by atoms with E-state index in [-0.39, 0.29) is 12.2 Å². The summed E-state index contributed by atoms with van der Waals surface area (Å²) < 4.78 is 5.12. The summed E-state index contributed by atoms with van der Waals surface area (Å²) in [6, 6.07) is 0. The van der Waals surface area contributed by atoms with Gasteiger partial charge in [-0.15, -0.1) is 6.58 Å². The second-order valence-electron chi connectivity index (χ2n) is 4.60. The van der Waals surface area contributed by atoms with Gasteiger partial charge in [0.1, 0.15) is 12.2 Å². The molecule has 1 aliphatic rings. The highest BCUT2D eigenvalue weighted by atomic mass is 16.6. The maximum Gasteiger partial charge on any atom is 0.145 e. The van der Waals surface area contributed by atoms with Crippen molar-refractivity contribution in [3.05, 3.63) is 24.8 Å². The van der Waals surface area contributed by atoms with E-state index in [9.17, 15) is 5.11 Å². The largest absolute Gasteiger partial charge is 0.377 e. The minimum absolute atomic E-state index is 0.0394. The summed E-state index contributed by atoms with van der Waals surface area (Å²) in [5, 5.41) is 9.55. The first-order chi connectivity index (χ1) is 9.24. The van der Waals surface area contributed by atoms with Crippen molar-refractivity contribution in [3.8, 4) is 23.7 Å². The van der Waals surface area contributed by atoms with Crippen LogP contribution in [0.5, 0.6) is 0 Å². The Kier molecular flexibility index (Phi) is 7.75. The number of allylic oxidation sites excluding steroid dienone is 2. The third-order valence-electron chi connectivity index (χ3n) is 2.81. The Hall–Kier alpha value is -1.48. The number of rotatable bonds is 7. The van der Waals surface area contributed by atoms with Crippen LogP contribution in [-0.4, -0.2) is 23.4 Å². The third kappa shape index (κ3) is 8.27. The van der Waals surface area contributed by atoms with E-state index in [1.54, 1.807) is 6.08 Å². The van der Waals surface area contributed by atoms with Gasteiger partial charge in [-0.2, -0.15) is 0 Å². The summed E-state index contributed by atoms with van der Waals surface area (Å²) in [6.45, 7) is 5.66. The van der Waals surface area contributed by atoms with Gasteiger partial charge in [-0.3, -0.25) is 0 Å². The van der Waals surface area contributed by atoms with E-state index in [0.29, 0.717) is 0 Å². The third-order valence-corrected chi connectivity index (χ3v) is 2.81. The molecule has 0 aliphatic carbocycles. The summed E-state index contributed by atoms with van der Waals surface area (Å²) >= 11 is 0. The van der Waals surface area contributed by atoms with E-state index < -0.39 is 6.10 Å². The number of hydrogen-bond acceptors (Lipinski definition) is 2. The minimum Gasteiger partial charge on any atom is -0.377 e. The monoisotopic (exact) mass is 258 g/mol. The molecule has 19 heavy (non-hydrogen) atoms. The van der Waals surface area contributed by atoms with E-state index in [4.69, 9.17) is 4.74 Å². The Morgan fingerprint density at radius 1 is 1.26 bits per heavy atom. The number of epoxide rings is 1. The van der Waals surface area contributed by atoms with Gasteiger partial charge in [0.25, 0.3) is 0 Å². The standard InChI is InChI=1S/C17H22O2/c1-3-4-5-6-7-8-9-12-16(18)13-10-11-14-17-15(2)19-17/h3,9,12,15-18H,1,4-8H2,2H3/b12-9-/t15?,16-,17?/m0/s1. The molecule has 1 rings (SSSR count). The first kappa shape index (κ1) is 15.6. The zero-order valence-corrected chi connectivity index (χ0v) is 11.6. The van der Waals surface area contributed by atoms with Crippen LogP contribution in [0.4, 0.5) is 0 Å². The van der Waals surface area contributed by atoms with E-state index in [1.807, 2.05) is 19.1 Å². The first-order valence-corrected chi connectivity index (χ1v) is 6.86. The molecule has 1 fully saturated rings. The van der Waals surface area contributed by atoms with Crippen molar-refractivity contribution in [2.75, 3.05) is 0 Å². The van der Waals surface area contributed by atoms with Crippen LogP contribution in [0.25, 0.3) is 0 Å². The normalized spacial score (nSPS) is 22.0. The zero-order valence-electron chi connectivity index (χ0n) is 11.6. The lowest BCUT2D eigenvalue weighted by Gasteiger charge is -1.95. The molecule has 1 N–H and O–H groups in total. The maximum absolute atomic E-state index is 9.55. The van der Waals surface area contributed by atoms with Crippen molar-refractivity contribution in [3.63, 3.8) is 0 Å². The van der Waals surface area contributed by atoms with Gasteiger partial charge in [-0.25, -0.2) is 0 Å². The zero-order chi connectivity index (χ0) is 13.9. The highest BCUT2D eigenvalue weighted by Gasteiger charge is 2.31. The number of hydrogen-bond donors (Lipinski definition) is 1. The van der Waals surface area contributed by atoms with Crippen molar-refractivity contribution in [2.24, 2.45) is 0 Å². The highest BCUT2D eigenvalue weighted by molar-refractivity contribution is 5.31. The van der Waals surface area contributed by atoms with Gasteiger partial charge in [0.15, 0.2) is 0 Å². The van der Waals surface area contributed by atoms with E-state index >= 15 is 0 Å². The molecule has 2 heteroatoms. The van der Waals surface area contributed by atoms with Crippen LogP contribution in [-0.2, 0) is 4.74 Å². The Morgan fingerprint density at radius 2 is 2.00 bits per heavy atom. The minimum atomic E-state index is -0.722. The van der Waals surface area contributed by atoms with Crippen molar-refractivity contribution in [1.29, 1.82) is 0 Å². The number of aliphatic hydroxyl groups excluding tert-OH is 1. The predicted molar refractivity (Wildman–Crippen MR) is 78.3 cm³/mol. The lowest BCUT2D eigenvalue weighted by atomic mass is 10.1. The van der Waals surface area contributed by atoms with Crippen LogP contribution in [0.1, 0.15) is 39.0 Å². The van der Waals surface area contributed by atoms with Gasteiger partial charge in [-0.1, -0.05) is 30.4 Å². The van der Waals surface area contributed by atoms with Crippen LogP contribution < -0.4 is 0 Å². The molecule has 0 aromatic rings. The lowest BCUT2D eigenvalue weighted by molar-refractivity contribution is 0.280. The molecule has 1 heterocycles. The van der Waals surface area contributed by atoms with Crippen molar-refractivity contribution in [2.45, 2.75) is 57.3 Å². The van der Waals surface area contributed by atoms with Crippen LogP contribution in [0.2, 0.25) is 0 Å². The molecule has 0 spiro atoms. The van der Waals surface area contributed by atoms with E-state index in [0.717, 1.165) is 19.3 Å². The molecule has 2 unspecified atom stereocenters. The molecule has 0 aromatic carbocycles. The molecule has 3 atom stereocenters. The molecular formula is C17H22O2. The molecular weight excluding hydrogens is 236 g/mol. The molecule has 0 amide bonds. The highest BCUT2D eigenvalue weighted by Crippen LogP contribution is 2.18. The molecule has 102 valence electrons. The average molecular weight is 258 g/mol. The summed E-state index contributed by atoms with van der Waals surface area (Å²) in [4.78, 5) is 0. The second-order valence-corrected chi connectivity index (χ2v) is 4.60. The van der Waals surface area contributed by atoms with Crippen LogP contribution in [0.3, 0.4) is 0 Å². The lowest BCUT2D eigenvalue weighted by Crippen LogP contribution is -1.96. The molecule has 2 nitrogen and oxygen atoms in total. The van der Waals surface area contributed by atoms with Crippen LogP contribution in [0.15, 0.2) is 24.8 Å². The number of aliphatic hydroxyl groups is 1. The SMILES string of the molecule is C=CCCCCC/C=C\[C@H](O)C#CC#CC1OC1C. The molecule has 1 saturated heterocycles. The fraction of sp³-hybridized carbons (Fsp3) is 0.529. The molecule has 0 radical (unpaired) electrons. The molecule has 0 aromatic heterocycles. The fourth-order valence-electron chi connectivity index (χ4n) is 1.56. The number of ether oxygens (including phenoxy) is 1. The summed E-state index contributed by atoms with van der Waals surface area (Å²) in [5.74, 6) is 10.9. The van der Waals surface area contributed by atoms with Gasteiger partial charge in [0.05, 0.1) is 6.10 Å². The molecule has 0 saturated carbocycles. The fourth-order valence-corrected chi connectivity index (χ4v) is 1.56. The maximum atomic E-state index is 9.55. The number of unbranched alkanes of at least 4 members (excludes halogenated alkanes) is 4. The Labute approximate surface area is 116 Å². The topological polar surface area (TPSA) is 32.8 Å². The van der Waals surface area contributed by atoms with Gasteiger partial charge < -0.3 is 9.84 Å². The average Bonchev–Trinajstić information content (AvgIpc) is 3.09. The Morgan fingerprint density at radius 3 is 2.68 bits per heavy atom. The van der Waals surface area contributed by atoms with Crippen molar-refractivity contribution >= 4 is 0 Å². The quantitative estimate of drug-likeness (QED) is 0.330. The van der Waals surface area contributed by atoms with Crippen LogP contribution in [0, 0.1) is 23.7 Å². The molecule has 0 bridgehead atoms. The van der Waals surface area contributed by atoms with Crippen LogP contribution >= 0.6 is 0 Å².